The van der Waals surface area contributed by atoms with E-state index in [0.717, 1.165) is 29.4 Å². The van der Waals surface area contributed by atoms with Gasteiger partial charge in [0.1, 0.15) is 0 Å². The minimum Gasteiger partial charge on any atom is -0.380 e. The van der Waals surface area contributed by atoms with Crippen molar-refractivity contribution in [2.24, 2.45) is 0 Å². The third-order valence-electron chi connectivity index (χ3n) is 3.72. The fraction of sp³-hybridized carbons (Fsp3) is 0.312. The molecule has 20 heavy (non-hydrogen) atoms. The van der Waals surface area contributed by atoms with Gasteiger partial charge in [-0.2, -0.15) is 0 Å². The van der Waals surface area contributed by atoms with Crippen LogP contribution in [0.2, 0.25) is 0 Å². The van der Waals surface area contributed by atoms with Crippen LogP contribution in [-0.2, 0) is 4.74 Å². The number of carbonyl (C=O) groups is 1. The number of rotatable bonds is 3. The van der Waals surface area contributed by atoms with Crippen molar-refractivity contribution in [3.63, 3.8) is 0 Å². The fourth-order valence-electron chi connectivity index (χ4n) is 2.58. The maximum atomic E-state index is 12.5. The lowest BCUT2D eigenvalue weighted by Crippen LogP contribution is -2.35. The van der Waals surface area contributed by atoms with Gasteiger partial charge in [0.25, 0.3) is 5.91 Å². The number of hydrogen-bond acceptors (Lipinski definition) is 2. The van der Waals surface area contributed by atoms with Gasteiger partial charge in [0.2, 0.25) is 0 Å². The molecule has 2 heterocycles. The summed E-state index contributed by atoms with van der Waals surface area (Å²) >= 11 is 0. The van der Waals surface area contributed by atoms with E-state index >= 15 is 0 Å². The summed E-state index contributed by atoms with van der Waals surface area (Å²) in [7, 11) is 1.70. The van der Waals surface area contributed by atoms with Gasteiger partial charge in [-0.15, -0.1) is 0 Å². The number of aromatic nitrogens is 1. The zero-order valence-electron chi connectivity index (χ0n) is 11.6. The molecule has 2 aromatic rings. The first-order valence-corrected chi connectivity index (χ1v) is 6.81. The molecule has 0 fully saturated rings. The number of H-pyrrole nitrogens is 1. The minimum atomic E-state index is 0.0980. The van der Waals surface area contributed by atoms with Crippen LogP contribution in [0.3, 0.4) is 0 Å². The van der Waals surface area contributed by atoms with E-state index in [2.05, 4.69) is 11.1 Å². The maximum Gasteiger partial charge on any atom is 0.254 e. The lowest BCUT2D eigenvalue weighted by Gasteiger charge is -2.26. The Kier molecular flexibility index (Phi) is 3.56. The van der Waals surface area contributed by atoms with E-state index in [4.69, 9.17) is 4.74 Å². The van der Waals surface area contributed by atoms with Gasteiger partial charge in [0.15, 0.2) is 0 Å². The van der Waals surface area contributed by atoms with Crippen LogP contribution in [0, 0.1) is 0 Å². The highest BCUT2D eigenvalue weighted by Crippen LogP contribution is 2.18. The second-order valence-electron chi connectivity index (χ2n) is 5.08. The van der Waals surface area contributed by atoms with E-state index in [1.807, 2.05) is 35.4 Å². The summed E-state index contributed by atoms with van der Waals surface area (Å²) in [5.74, 6) is 0.0980. The van der Waals surface area contributed by atoms with Crippen LogP contribution in [0.4, 0.5) is 0 Å². The summed E-state index contributed by atoms with van der Waals surface area (Å²) in [6, 6.07) is 7.77. The van der Waals surface area contributed by atoms with Crippen LogP contribution in [-0.4, -0.2) is 42.6 Å². The van der Waals surface area contributed by atoms with Crippen LogP contribution >= 0.6 is 0 Å². The molecule has 0 saturated carbocycles. The molecule has 1 N–H and O–H groups in total. The number of carbonyl (C=O) groups excluding carboxylic acids is 1. The molecular weight excluding hydrogens is 252 g/mol. The van der Waals surface area contributed by atoms with Gasteiger partial charge in [-0.05, 0) is 36.3 Å². The van der Waals surface area contributed by atoms with Crippen molar-refractivity contribution in [3.8, 4) is 0 Å². The van der Waals surface area contributed by atoms with Crippen molar-refractivity contribution < 1.29 is 9.53 Å². The van der Waals surface area contributed by atoms with Gasteiger partial charge >= 0.3 is 0 Å². The standard InChI is InChI=1S/C16H18N2O2/c1-20-11-12-5-8-18(9-6-12)16(19)14-2-3-15-13(10-14)4-7-17-15/h2-5,7,10,17H,6,8-9,11H2,1H3. The van der Waals surface area contributed by atoms with E-state index in [-0.39, 0.29) is 5.91 Å². The second-order valence-corrected chi connectivity index (χ2v) is 5.08. The van der Waals surface area contributed by atoms with Gasteiger partial charge in [-0.1, -0.05) is 6.08 Å². The van der Waals surface area contributed by atoms with Gasteiger partial charge < -0.3 is 14.6 Å². The van der Waals surface area contributed by atoms with Crippen molar-refractivity contribution in [2.75, 3.05) is 26.8 Å². The lowest BCUT2D eigenvalue weighted by molar-refractivity contribution is 0.0765. The van der Waals surface area contributed by atoms with E-state index in [1.54, 1.807) is 7.11 Å². The molecular formula is C16H18N2O2. The summed E-state index contributed by atoms with van der Waals surface area (Å²) < 4.78 is 5.13. The third-order valence-corrected chi connectivity index (χ3v) is 3.72. The molecule has 0 saturated heterocycles. The highest BCUT2D eigenvalue weighted by molar-refractivity contribution is 5.98. The topological polar surface area (TPSA) is 45.3 Å². The van der Waals surface area contributed by atoms with Crippen molar-refractivity contribution in [2.45, 2.75) is 6.42 Å². The first-order valence-electron chi connectivity index (χ1n) is 6.81. The Morgan fingerprint density at radius 1 is 1.40 bits per heavy atom. The summed E-state index contributed by atoms with van der Waals surface area (Å²) in [4.78, 5) is 17.5. The summed E-state index contributed by atoms with van der Waals surface area (Å²) in [6.45, 7) is 2.10. The Balaban J connectivity index is 1.76. The molecule has 1 amide bonds. The van der Waals surface area contributed by atoms with Crippen molar-refractivity contribution >= 4 is 16.8 Å². The number of amides is 1. The zero-order chi connectivity index (χ0) is 13.9. The Bertz CT molecular complexity index is 657. The Morgan fingerprint density at radius 2 is 2.30 bits per heavy atom. The molecule has 1 aliphatic heterocycles. The molecule has 0 aliphatic carbocycles. The average molecular weight is 270 g/mol. The number of ether oxygens (including phenoxy) is 1. The number of nitrogens with zero attached hydrogens (tertiary/aromatic N) is 1. The molecule has 4 nitrogen and oxygen atoms in total. The van der Waals surface area contributed by atoms with Crippen LogP contribution in [0.1, 0.15) is 16.8 Å². The highest BCUT2D eigenvalue weighted by Gasteiger charge is 2.18. The number of methoxy groups -OCH3 is 1. The molecule has 0 spiro atoms. The maximum absolute atomic E-state index is 12.5. The minimum absolute atomic E-state index is 0.0980. The summed E-state index contributed by atoms with van der Waals surface area (Å²) in [5, 5.41) is 1.07. The molecule has 1 aromatic heterocycles. The third kappa shape index (κ3) is 2.47. The van der Waals surface area contributed by atoms with Crippen molar-refractivity contribution in [1.29, 1.82) is 0 Å². The van der Waals surface area contributed by atoms with E-state index in [1.165, 1.54) is 5.57 Å². The van der Waals surface area contributed by atoms with Gasteiger partial charge in [-0.3, -0.25) is 4.79 Å². The molecule has 0 radical (unpaired) electrons. The van der Waals surface area contributed by atoms with E-state index in [0.29, 0.717) is 13.2 Å². The van der Waals surface area contributed by atoms with Crippen LogP contribution < -0.4 is 0 Å². The largest absolute Gasteiger partial charge is 0.380 e. The van der Waals surface area contributed by atoms with Crippen LogP contribution in [0.5, 0.6) is 0 Å². The number of nitrogens with one attached hydrogen (secondary N) is 1. The summed E-state index contributed by atoms with van der Waals surface area (Å²) in [5.41, 5.74) is 3.08. The number of fused-ring (bicyclic) bond motifs is 1. The molecule has 0 atom stereocenters. The lowest BCUT2D eigenvalue weighted by atomic mass is 10.1. The highest BCUT2D eigenvalue weighted by atomic mass is 16.5. The van der Waals surface area contributed by atoms with E-state index < -0.39 is 0 Å². The Hall–Kier alpha value is -2.07. The average Bonchev–Trinajstić information content (AvgIpc) is 2.95. The number of benzene rings is 1. The van der Waals surface area contributed by atoms with Crippen LogP contribution in [0.25, 0.3) is 10.9 Å². The van der Waals surface area contributed by atoms with Crippen molar-refractivity contribution in [3.05, 3.63) is 47.7 Å². The Labute approximate surface area is 118 Å². The first-order chi connectivity index (χ1) is 9.78. The van der Waals surface area contributed by atoms with Gasteiger partial charge in [0, 0.05) is 42.9 Å². The first kappa shape index (κ1) is 12.9. The molecule has 4 heteroatoms. The molecule has 1 aromatic carbocycles. The smallest absolute Gasteiger partial charge is 0.254 e. The van der Waals surface area contributed by atoms with Gasteiger partial charge in [0.05, 0.1) is 6.61 Å². The molecule has 3 rings (SSSR count). The monoisotopic (exact) mass is 270 g/mol. The summed E-state index contributed by atoms with van der Waals surface area (Å²) in [6.07, 6.45) is 4.88. The SMILES string of the molecule is COCC1=CCN(C(=O)c2ccc3[nH]ccc3c2)CC1. The molecule has 0 bridgehead atoms. The quantitative estimate of drug-likeness (QED) is 0.871. The predicted molar refractivity (Wildman–Crippen MR) is 78.8 cm³/mol. The normalized spacial score (nSPS) is 15.4. The van der Waals surface area contributed by atoms with E-state index in [9.17, 15) is 4.79 Å². The zero-order valence-corrected chi connectivity index (χ0v) is 11.6. The Morgan fingerprint density at radius 3 is 3.05 bits per heavy atom. The number of hydrogen-bond donors (Lipinski definition) is 1. The molecule has 1 aliphatic rings. The molecule has 0 unspecified atom stereocenters. The van der Waals surface area contributed by atoms with Crippen molar-refractivity contribution in [1.82, 2.24) is 9.88 Å². The predicted octanol–water partition coefficient (Wildman–Crippen LogP) is 2.59. The fourth-order valence-corrected chi connectivity index (χ4v) is 2.58. The van der Waals surface area contributed by atoms with Gasteiger partial charge in [-0.25, -0.2) is 0 Å². The second kappa shape index (κ2) is 5.51. The molecule has 104 valence electrons. The van der Waals surface area contributed by atoms with Crippen LogP contribution in [0.15, 0.2) is 42.1 Å². The number of aromatic amines is 1.